The molecule has 0 unspecified atom stereocenters. The van der Waals surface area contributed by atoms with Gasteiger partial charge in [-0.15, -0.1) is 0 Å². The molecule has 1 N–H and O–H groups in total. The number of rotatable bonds is 7. The van der Waals surface area contributed by atoms with E-state index in [1.807, 2.05) is 37.3 Å². The molecule has 0 saturated carbocycles. The average molecular weight is 359 g/mol. The molecule has 2 aromatic rings. The van der Waals surface area contributed by atoms with Crippen molar-refractivity contribution in [2.24, 2.45) is 0 Å². The quantitative estimate of drug-likeness (QED) is 0.811. The lowest BCUT2D eigenvalue weighted by Gasteiger charge is -2.21. The van der Waals surface area contributed by atoms with Crippen LogP contribution >= 0.6 is 11.6 Å². The largest absolute Gasteiger partial charge is 0.342 e. The number of aryl methyl sites for hydroxylation is 1. The third-order valence-electron chi connectivity index (χ3n) is 4.03. The summed E-state index contributed by atoms with van der Waals surface area (Å²) in [5.74, 6) is -0.136. The molecule has 0 radical (unpaired) electrons. The molecule has 0 fully saturated rings. The topological polar surface area (TPSA) is 49.4 Å². The normalized spacial score (nSPS) is 10.4. The van der Waals surface area contributed by atoms with Gasteiger partial charge in [0.25, 0.3) is 0 Å². The average Bonchev–Trinajstić information content (AvgIpc) is 2.58. The van der Waals surface area contributed by atoms with E-state index in [1.54, 1.807) is 23.1 Å². The lowest BCUT2D eigenvalue weighted by atomic mass is 10.1. The predicted molar refractivity (Wildman–Crippen MR) is 102 cm³/mol. The fourth-order valence-electron chi connectivity index (χ4n) is 2.55. The van der Waals surface area contributed by atoms with Gasteiger partial charge in [0.15, 0.2) is 0 Å². The van der Waals surface area contributed by atoms with Crippen LogP contribution in [0.3, 0.4) is 0 Å². The van der Waals surface area contributed by atoms with Crippen molar-refractivity contribution < 1.29 is 9.59 Å². The number of halogens is 1. The van der Waals surface area contributed by atoms with Gasteiger partial charge in [0.1, 0.15) is 0 Å². The molecule has 0 aliphatic carbocycles. The maximum Gasteiger partial charge on any atom is 0.226 e. The third kappa shape index (κ3) is 6.24. The molecule has 0 bridgehead atoms. The minimum Gasteiger partial charge on any atom is -0.342 e. The zero-order valence-corrected chi connectivity index (χ0v) is 15.3. The minimum absolute atomic E-state index is 0.0218. The van der Waals surface area contributed by atoms with Crippen LogP contribution in [0.1, 0.15) is 24.5 Å². The SMILES string of the molecule is CC(=O)N(CCC(=O)Nc1ccc(Cl)cc1C)CCc1ccccc1. The van der Waals surface area contributed by atoms with E-state index in [0.717, 1.165) is 17.7 Å². The first kappa shape index (κ1) is 19.0. The molecule has 4 nitrogen and oxygen atoms in total. The number of benzene rings is 2. The summed E-state index contributed by atoms with van der Waals surface area (Å²) in [6.45, 7) is 4.43. The summed E-state index contributed by atoms with van der Waals surface area (Å²) in [5, 5.41) is 3.51. The van der Waals surface area contributed by atoms with Gasteiger partial charge in [0, 0.05) is 37.1 Å². The summed E-state index contributed by atoms with van der Waals surface area (Å²) < 4.78 is 0. The Kier molecular flexibility index (Phi) is 7.02. The summed E-state index contributed by atoms with van der Waals surface area (Å²) in [4.78, 5) is 25.7. The number of carbonyl (C=O) groups excluding carboxylic acids is 2. The summed E-state index contributed by atoms with van der Waals surface area (Å²) >= 11 is 5.92. The highest BCUT2D eigenvalue weighted by Crippen LogP contribution is 2.19. The summed E-state index contributed by atoms with van der Waals surface area (Å²) in [6.07, 6.45) is 1.04. The van der Waals surface area contributed by atoms with E-state index in [9.17, 15) is 9.59 Å². The van der Waals surface area contributed by atoms with E-state index >= 15 is 0 Å². The van der Waals surface area contributed by atoms with Crippen LogP contribution in [-0.2, 0) is 16.0 Å². The standard InChI is InChI=1S/C20H23ClN2O2/c1-15-14-18(21)8-9-19(15)22-20(25)11-13-23(16(2)24)12-10-17-6-4-3-5-7-17/h3-9,14H,10-13H2,1-2H3,(H,22,25). The number of anilines is 1. The van der Waals surface area contributed by atoms with Crippen LogP contribution in [0.2, 0.25) is 5.02 Å². The Labute approximate surface area is 153 Å². The van der Waals surface area contributed by atoms with Crippen molar-refractivity contribution in [2.75, 3.05) is 18.4 Å². The molecular weight excluding hydrogens is 336 g/mol. The van der Waals surface area contributed by atoms with Gasteiger partial charge in [-0.05, 0) is 42.7 Å². The van der Waals surface area contributed by atoms with Crippen LogP contribution in [0.15, 0.2) is 48.5 Å². The first-order valence-electron chi connectivity index (χ1n) is 8.31. The van der Waals surface area contributed by atoms with Gasteiger partial charge in [-0.25, -0.2) is 0 Å². The second-order valence-electron chi connectivity index (χ2n) is 6.00. The third-order valence-corrected chi connectivity index (χ3v) is 4.26. The molecule has 25 heavy (non-hydrogen) atoms. The van der Waals surface area contributed by atoms with Crippen LogP contribution in [0.5, 0.6) is 0 Å². The summed E-state index contributed by atoms with van der Waals surface area (Å²) in [6, 6.07) is 15.3. The Morgan fingerprint density at radius 2 is 1.80 bits per heavy atom. The molecule has 0 saturated heterocycles. The second-order valence-corrected chi connectivity index (χ2v) is 6.44. The van der Waals surface area contributed by atoms with Crippen LogP contribution in [-0.4, -0.2) is 29.8 Å². The van der Waals surface area contributed by atoms with E-state index < -0.39 is 0 Å². The van der Waals surface area contributed by atoms with Gasteiger partial charge in [-0.2, -0.15) is 0 Å². The van der Waals surface area contributed by atoms with Crippen LogP contribution < -0.4 is 5.32 Å². The van der Waals surface area contributed by atoms with Gasteiger partial charge in [0.05, 0.1) is 0 Å². The fraction of sp³-hybridized carbons (Fsp3) is 0.300. The van der Waals surface area contributed by atoms with Crippen LogP contribution in [0.4, 0.5) is 5.69 Å². The fourth-order valence-corrected chi connectivity index (χ4v) is 2.78. The molecule has 0 aliphatic rings. The molecule has 0 aromatic heterocycles. The van der Waals surface area contributed by atoms with E-state index in [1.165, 1.54) is 12.5 Å². The van der Waals surface area contributed by atoms with Gasteiger partial charge in [0.2, 0.25) is 11.8 Å². The van der Waals surface area contributed by atoms with E-state index in [0.29, 0.717) is 18.1 Å². The van der Waals surface area contributed by atoms with Crippen molar-refractivity contribution in [3.8, 4) is 0 Å². The predicted octanol–water partition coefficient (Wildman–Crippen LogP) is 4.07. The van der Waals surface area contributed by atoms with Crippen molar-refractivity contribution >= 4 is 29.1 Å². The zero-order chi connectivity index (χ0) is 18.2. The molecule has 132 valence electrons. The number of nitrogens with zero attached hydrogens (tertiary/aromatic N) is 1. The Balaban J connectivity index is 1.85. The Morgan fingerprint density at radius 3 is 2.44 bits per heavy atom. The minimum atomic E-state index is -0.114. The first-order valence-corrected chi connectivity index (χ1v) is 8.69. The monoisotopic (exact) mass is 358 g/mol. The van der Waals surface area contributed by atoms with Crippen molar-refractivity contribution in [3.63, 3.8) is 0 Å². The summed E-state index contributed by atoms with van der Waals surface area (Å²) in [7, 11) is 0. The van der Waals surface area contributed by atoms with Crippen LogP contribution in [0.25, 0.3) is 0 Å². The highest BCUT2D eigenvalue weighted by molar-refractivity contribution is 6.30. The van der Waals surface area contributed by atoms with E-state index in [2.05, 4.69) is 5.32 Å². The molecular formula is C20H23ClN2O2. The molecule has 2 amide bonds. The van der Waals surface area contributed by atoms with Crippen molar-refractivity contribution in [2.45, 2.75) is 26.7 Å². The van der Waals surface area contributed by atoms with E-state index in [4.69, 9.17) is 11.6 Å². The number of nitrogens with one attached hydrogen (secondary N) is 1. The maximum atomic E-state index is 12.2. The Bertz CT molecular complexity index is 732. The molecule has 5 heteroatoms. The smallest absolute Gasteiger partial charge is 0.226 e. The lowest BCUT2D eigenvalue weighted by Crippen LogP contribution is -2.33. The van der Waals surface area contributed by atoms with E-state index in [-0.39, 0.29) is 18.2 Å². The lowest BCUT2D eigenvalue weighted by molar-refractivity contribution is -0.129. The first-order chi connectivity index (χ1) is 12.0. The Hall–Kier alpha value is -2.33. The molecule has 0 atom stereocenters. The second kappa shape index (κ2) is 9.23. The van der Waals surface area contributed by atoms with Crippen molar-refractivity contribution in [1.29, 1.82) is 0 Å². The maximum absolute atomic E-state index is 12.2. The molecule has 2 aromatic carbocycles. The van der Waals surface area contributed by atoms with Crippen LogP contribution in [0, 0.1) is 6.92 Å². The molecule has 0 aliphatic heterocycles. The van der Waals surface area contributed by atoms with Gasteiger partial charge in [-0.1, -0.05) is 41.9 Å². The van der Waals surface area contributed by atoms with Gasteiger partial charge in [-0.3, -0.25) is 9.59 Å². The highest BCUT2D eigenvalue weighted by atomic mass is 35.5. The molecule has 0 spiro atoms. The van der Waals surface area contributed by atoms with Gasteiger partial charge < -0.3 is 10.2 Å². The van der Waals surface area contributed by atoms with Crippen molar-refractivity contribution in [1.82, 2.24) is 4.90 Å². The van der Waals surface area contributed by atoms with Gasteiger partial charge >= 0.3 is 0 Å². The zero-order valence-electron chi connectivity index (χ0n) is 14.6. The summed E-state index contributed by atoms with van der Waals surface area (Å²) in [5.41, 5.74) is 2.83. The van der Waals surface area contributed by atoms with Crippen molar-refractivity contribution in [3.05, 3.63) is 64.7 Å². The molecule has 2 rings (SSSR count). The Morgan fingerprint density at radius 1 is 1.08 bits per heavy atom. The number of hydrogen-bond donors (Lipinski definition) is 1. The number of carbonyl (C=O) groups is 2. The highest BCUT2D eigenvalue weighted by Gasteiger charge is 2.12. The number of amides is 2. The number of hydrogen-bond acceptors (Lipinski definition) is 2. The molecule has 0 heterocycles.